The van der Waals surface area contributed by atoms with Gasteiger partial charge in [-0.1, -0.05) is 29.3 Å². The van der Waals surface area contributed by atoms with Gasteiger partial charge in [0.15, 0.2) is 0 Å². The van der Waals surface area contributed by atoms with Crippen LogP contribution in [0.15, 0.2) is 67.3 Å². The zero-order valence-electron chi connectivity index (χ0n) is 15.8. The Morgan fingerprint density at radius 1 is 1.07 bits per heavy atom. The summed E-state index contributed by atoms with van der Waals surface area (Å²) in [5, 5.41) is 15.3. The minimum Gasteiger partial charge on any atom is -0.346 e. The fourth-order valence-corrected chi connectivity index (χ4v) is 3.57. The lowest BCUT2D eigenvalue weighted by Crippen LogP contribution is -2.26. The molecule has 4 rings (SSSR count). The first-order valence-electron chi connectivity index (χ1n) is 9.06. The van der Waals surface area contributed by atoms with Crippen LogP contribution >= 0.6 is 23.2 Å². The first-order valence-corrected chi connectivity index (χ1v) is 9.81. The molecule has 1 amide bonds. The highest BCUT2D eigenvalue weighted by atomic mass is 35.5. The summed E-state index contributed by atoms with van der Waals surface area (Å²) in [4.78, 5) is 17.0. The summed E-state index contributed by atoms with van der Waals surface area (Å²) < 4.78 is 1.48. The Balaban J connectivity index is 1.73. The number of carbonyl (C=O) groups excluding carboxylic acids is 1. The van der Waals surface area contributed by atoms with Crippen molar-refractivity contribution in [2.24, 2.45) is 0 Å². The molecule has 0 saturated carbocycles. The van der Waals surface area contributed by atoms with E-state index < -0.39 is 0 Å². The Morgan fingerprint density at radius 3 is 2.57 bits per heavy atom. The fraction of sp³-hybridized carbons (Fsp3) is 0.0952. The highest BCUT2D eigenvalue weighted by Crippen LogP contribution is 2.32. The molecule has 150 valence electrons. The van der Waals surface area contributed by atoms with Crippen molar-refractivity contribution in [1.29, 1.82) is 0 Å². The van der Waals surface area contributed by atoms with Gasteiger partial charge in [0.2, 0.25) is 0 Å². The fourth-order valence-electron chi connectivity index (χ4n) is 3.05. The predicted octanol–water partition coefficient (Wildman–Crippen LogP) is 4.52. The third kappa shape index (κ3) is 4.32. The highest BCUT2D eigenvalue weighted by molar-refractivity contribution is 6.36. The SMILES string of the molecule is CC(NC(=O)c1cc(-c2ccc(Cl)cc2Cl)cc(-n2cnnn2)c1)c1ccncc1. The molecule has 4 aromatic rings. The Morgan fingerprint density at radius 2 is 1.87 bits per heavy atom. The van der Waals surface area contributed by atoms with E-state index in [9.17, 15) is 4.79 Å². The van der Waals surface area contributed by atoms with Gasteiger partial charge in [0.25, 0.3) is 5.91 Å². The van der Waals surface area contributed by atoms with E-state index in [-0.39, 0.29) is 11.9 Å². The average molecular weight is 439 g/mol. The molecule has 9 heteroatoms. The molecular formula is C21H16Cl2N6O. The van der Waals surface area contributed by atoms with Gasteiger partial charge in [0, 0.05) is 33.6 Å². The summed E-state index contributed by atoms with van der Waals surface area (Å²) in [5.74, 6) is -0.236. The summed E-state index contributed by atoms with van der Waals surface area (Å²) in [7, 11) is 0. The standard InChI is InChI=1S/C21H16Cl2N6O/c1-13(14-4-6-24-7-5-14)26-21(30)16-8-15(19-3-2-17(22)11-20(19)23)9-18(10-16)29-12-25-27-28-29/h2-13H,1H3,(H,26,30). The molecule has 0 bridgehead atoms. The number of halogens is 2. The van der Waals surface area contributed by atoms with Gasteiger partial charge in [0.1, 0.15) is 6.33 Å². The summed E-state index contributed by atoms with van der Waals surface area (Å²) >= 11 is 12.4. The lowest BCUT2D eigenvalue weighted by molar-refractivity contribution is 0.0940. The van der Waals surface area contributed by atoms with Gasteiger partial charge in [-0.3, -0.25) is 9.78 Å². The molecule has 0 fully saturated rings. The number of hydrogen-bond donors (Lipinski definition) is 1. The molecule has 1 atom stereocenters. The first-order chi connectivity index (χ1) is 14.5. The van der Waals surface area contributed by atoms with Gasteiger partial charge >= 0.3 is 0 Å². The van der Waals surface area contributed by atoms with E-state index in [0.717, 1.165) is 16.7 Å². The number of aromatic nitrogens is 5. The van der Waals surface area contributed by atoms with Crippen LogP contribution in [0, 0.1) is 0 Å². The van der Waals surface area contributed by atoms with E-state index in [4.69, 9.17) is 23.2 Å². The van der Waals surface area contributed by atoms with Crippen LogP contribution in [0.25, 0.3) is 16.8 Å². The van der Waals surface area contributed by atoms with Crippen molar-refractivity contribution in [3.05, 3.63) is 88.4 Å². The van der Waals surface area contributed by atoms with Crippen LogP contribution in [0.3, 0.4) is 0 Å². The molecule has 1 N–H and O–H groups in total. The lowest BCUT2D eigenvalue weighted by atomic mass is 10.0. The number of hydrogen-bond acceptors (Lipinski definition) is 5. The Bertz CT molecular complexity index is 1180. The third-order valence-corrected chi connectivity index (χ3v) is 5.14. The molecule has 0 aliphatic carbocycles. The highest BCUT2D eigenvalue weighted by Gasteiger charge is 2.16. The number of rotatable bonds is 5. The van der Waals surface area contributed by atoms with Gasteiger partial charge in [-0.25, -0.2) is 4.68 Å². The molecule has 2 heterocycles. The Hall–Kier alpha value is -3.29. The van der Waals surface area contributed by atoms with E-state index in [1.807, 2.05) is 31.2 Å². The summed E-state index contributed by atoms with van der Waals surface area (Å²) in [5.41, 5.74) is 3.52. The second kappa shape index (κ2) is 8.61. The van der Waals surface area contributed by atoms with E-state index in [0.29, 0.717) is 21.3 Å². The molecule has 0 aliphatic rings. The maximum atomic E-state index is 13.0. The Labute approximate surface area is 182 Å². The molecule has 1 unspecified atom stereocenters. The third-order valence-electron chi connectivity index (χ3n) is 4.59. The van der Waals surface area contributed by atoms with Crippen LogP contribution in [0.2, 0.25) is 10.0 Å². The largest absolute Gasteiger partial charge is 0.346 e. The van der Waals surface area contributed by atoms with Gasteiger partial charge in [-0.15, -0.1) is 5.10 Å². The van der Waals surface area contributed by atoms with E-state index in [2.05, 4.69) is 25.8 Å². The minimum absolute atomic E-state index is 0.195. The normalized spacial score (nSPS) is 11.8. The maximum absolute atomic E-state index is 13.0. The molecule has 0 spiro atoms. The van der Waals surface area contributed by atoms with E-state index >= 15 is 0 Å². The monoisotopic (exact) mass is 438 g/mol. The molecule has 30 heavy (non-hydrogen) atoms. The molecule has 2 aromatic carbocycles. The van der Waals surface area contributed by atoms with Crippen LogP contribution in [-0.2, 0) is 0 Å². The smallest absolute Gasteiger partial charge is 0.251 e. The minimum atomic E-state index is -0.236. The number of amides is 1. The zero-order valence-corrected chi connectivity index (χ0v) is 17.3. The molecule has 0 saturated heterocycles. The van der Waals surface area contributed by atoms with Crippen molar-refractivity contribution in [2.75, 3.05) is 0 Å². The topological polar surface area (TPSA) is 85.6 Å². The average Bonchev–Trinajstić information content (AvgIpc) is 3.29. The number of carbonyl (C=O) groups is 1. The second-order valence-electron chi connectivity index (χ2n) is 6.62. The van der Waals surface area contributed by atoms with Gasteiger partial charge in [0.05, 0.1) is 11.7 Å². The van der Waals surface area contributed by atoms with Crippen molar-refractivity contribution >= 4 is 29.1 Å². The van der Waals surface area contributed by atoms with Crippen LogP contribution in [0.5, 0.6) is 0 Å². The predicted molar refractivity (Wildman–Crippen MR) is 115 cm³/mol. The van der Waals surface area contributed by atoms with E-state index in [1.54, 1.807) is 36.7 Å². The van der Waals surface area contributed by atoms with Crippen molar-refractivity contribution in [3.63, 3.8) is 0 Å². The van der Waals surface area contributed by atoms with Crippen LogP contribution in [-0.4, -0.2) is 31.1 Å². The van der Waals surface area contributed by atoms with Crippen LogP contribution in [0.1, 0.15) is 28.9 Å². The van der Waals surface area contributed by atoms with Gasteiger partial charge in [-0.2, -0.15) is 0 Å². The molecule has 0 radical (unpaired) electrons. The number of benzene rings is 2. The second-order valence-corrected chi connectivity index (χ2v) is 7.47. The Kier molecular flexibility index (Phi) is 5.74. The van der Waals surface area contributed by atoms with Gasteiger partial charge in [-0.05, 0) is 70.9 Å². The number of nitrogens with one attached hydrogen (secondary N) is 1. The summed E-state index contributed by atoms with van der Waals surface area (Å²) in [6.45, 7) is 1.91. The van der Waals surface area contributed by atoms with E-state index in [1.165, 1.54) is 11.0 Å². The quantitative estimate of drug-likeness (QED) is 0.494. The molecular weight excluding hydrogens is 423 g/mol. The summed E-state index contributed by atoms with van der Waals surface area (Å²) in [6.07, 6.45) is 4.85. The molecule has 7 nitrogen and oxygen atoms in total. The maximum Gasteiger partial charge on any atom is 0.251 e. The molecule has 0 aliphatic heterocycles. The van der Waals surface area contributed by atoms with Crippen molar-refractivity contribution in [1.82, 2.24) is 30.5 Å². The zero-order chi connectivity index (χ0) is 21.1. The summed E-state index contributed by atoms with van der Waals surface area (Å²) in [6, 6.07) is 14.1. The van der Waals surface area contributed by atoms with Crippen molar-refractivity contribution < 1.29 is 4.79 Å². The number of tetrazole rings is 1. The van der Waals surface area contributed by atoms with Crippen LogP contribution < -0.4 is 5.32 Å². The number of nitrogens with zero attached hydrogens (tertiary/aromatic N) is 5. The molecule has 2 aromatic heterocycles. The van der Waals surface area contributed by atoms with Crippen molar-refractivity contribution in [3.8, 4) is 16.8 Å². The number of pyridine rings is 1. The first kappa shape index (κ1) is 20.0. The lowest BCUT2D eigenvalue weighted by Gasteiger charge is -2.16. The van der Waals surface area contributed by atoms with Crippen LogP contribution in [0.4, 0.5) is 0 Å². The van der Waals surface area contributed by atoms with Gasteiger partial charge < -0.3 is 5.32 Å². The van der Waals surface area contributed by atoms with Crippen molar-refractivity contribution in [2.45, 2.75) is 13.0 Å².